The van der Waals surface area contributed by atoms with Gasteiger partial charge in [0, 0.05) is 13.0 Å². The van der Waals surface area contributed by atoms with Gasteiger partial charge in [-0.15, -0.1) is 0 Å². The van der Waals surface area contributed by atoms with Crippen molar-refractivity contribution in [3.63, 3.8) is 0 Å². The van der Waals surface area contributed by atoms with Crippen LogP contribution in [0.1, 0.15) is 59.6 Å². The molecule has 0 amide bonds. The predicted octanol–water partition coefficient (Wildman–Crippen LogP) is 3.15. The molecule has 3 heterocycles. The van der Waals surface area contributed by atoms with Crippen LogP contribution < -0.4 is 5.32 Å². The SMILES string of the molecule is CC(=O)OC1(C)[C@@H](C)OC(n2cnc3c(NC4CCCC4)ncnc32)[C@]1(C)F. The summed E-state index contributed by atoms with van der Waals surface area (Å²) in [4.78, 5) is 24.6. The number of esters is 1. The molecule has 4 rings (SSSR count). The first-order valence-electron chi connectivity index (χ1n) is 9.72. The van der Waals surface area contributed by atoms with E-state index in [-0.39, 0.29) is 0 Å². The number of fused-ring (bicyclic) bond motifs is 1. The molecule has 1 saturated heterocycles. The number of hydrogen-bond acceptors (Lipinski definition) is 7. The number of alkyl halides is 1. The second-order valence-corrected chi connectivity index (χ2v) is 8.08. The quantitative estimate of drug-likeness (QED) is 0.801. The molecule has 2 unspecified atom stereocenters. The Kier molecular flexibility index (Phi) is 4.52. The Hall–Kier alpha value is -2.29. The zero-order valence-electron chi connectivity index (χ0n) is 16.6. The average molecular weight is 391 g/mol. The second-order valence-electron chi connectivity index (χ2n) is 8.08. The molecule has 28 heavy (non-hydrogen) atoms. The number of carbonyl (C=O) groups excluding carboxylic acids is 1. The lowest BCUT2D eigenvalue weighted by atomic mass is 9.84. The van der Waals surface area contributed by atoms with Gasteiger partial charge in [0.2, 0.25) is 0 Å². The zero-order chi connectivity index (χ0) is 20.1. The molecule has 9 heteroatoms. The normalized spacial score (nSPS) is 33.5. The Labute approximate surface area is 162 Å². The zero-order valence-corrected chi connectivity index (χ0v) is 16.6. The van der Waals surface area contributed by atoms with Crippen molar-refractivity contribution in [1.29, 1.82) is 0 Å². The lowest BCUT2D eigenvalue weighted by molar-refractivity contribution is -0.172. The number of carbonyl (C=O) groups is 1. The van der Waals surface area contributed by atoms with Gasteiger partial charge < -0.3 is 14.8 Å². The monoisotopic (exact) mass is 391 g/mol. The fourth-order valence-electron chi connectivity index (χ4n) is 4.29. The van der Waals surface area contributed by atoms with Gasteiger partial charge in [-0.2, -0.15) is 0 Å². The molecule has 0 bridgehead atoms. The van der Waals surface area contributed by atoms with E-state index >= 15 is 4.39 Å². The van der Waals surface area contributed by atoms with Crippen molar-refractivity contribution in [1.82, 2.24) is 19.5 Å². The van der Waals surface area contributed by atoms with Gasteiger partial charge in [0.15, 0.2) is 34.5 Å². The lowest BCUT2D eigenvalue weighted by Crippen LogP contribution is -2.53. The molecule has 4 atom stereocenters. The molecule has 0 aromatic carbocycles. The van der Waals surface area contributed by atoms with Gasteiger partial charge in [-0.3, -0.25) is 9.36 Å². The van der Waals surface area contributed by atoms with Crippen LogP contribution in [0.5, 0.6) is 0 Å². The summed E-state index contributed by atoms with van der Waals surface area (Å²) in [5, 5.41) is 3.43. The number of nitrogens with zero attached hydrogens (tertiary/aromatic N) is 4. The molecular formula is C19H26FN5O3. The van der Waals surface area contributed by atoms with Crippen LogP contribution in [0.2, 0.25) is 0 Å². The molecule has 0 spiro atoms. The summed E-state index contributed by atoms with van der Waals surface area (Å²) in [7, 11) is 0. The number of anilines is 1. The van der Waals surface area contributed by atoms with Gasteiger partial charge in [-0.05, 0) is 33.6 Å². The molecule has 2 aromatic rings. The van der Waals surface area contributed by atoms with E-state index in [1.54, 1.807) is 18.4 Å². The summed E-state index contributed by atoms with van der Waals surface area (Å²) >= 11 is 0. The Balaban J connectivity index is 1.70. The van der Waals surface area contributed by atoms with Gasteiger partial charge in [0.25, 0.3) is 0 Å². The van der Waals surface area contributed by atoms with Crippen molar-refractivity contribution in [3.8, 4) is 0 Å². The molecule has 1 aliphatic heterocycles. The Morgan fingerprint density at radius 3 is 2.71 bits per heavy atom. The number of ether oxygens (including phenoxy) is 2. The van der Waals surface area contributed by atoms with Gasteiger partial charge in [0.05, 0.1) is 6.33 Å². The standard InChI is InChI=1S/C19H26FN5O3/c1-11-19(4,28-12(2)26)18(3,20)17(27-11)25-10-23-14-15(21-9-22-16(14)25)24-13-7-5-6-8-13/h9-11,13,17H,5-8H2,1-4H3,(H,21,22,24)/t11-,17?,18+,19?/m1/s1. The number of hydrogen-bond donors (Lipinski definition) is 1. The first-order chi connectivity index (χ1) is 13.2. The van der Waals surface area contributed by atoms with Gasteiger partial charge in [-0.25, -0.2) is 19.3 Å². The Morgan fingerprint density at radius 2 is 2.04 bits per heavy atom. The summed E-state index contributed by atoms with van der Waals surface area (Å²) < 4.78 is 28.8. The van der Waals surface area contributed by atoms with Crippen LogP contribution in [-0.2, 0) is 14.3 Å². The maximum Gasteiger partial charge on any atom is 0.303 e. The topological polar surface area (TPSA) is 91.2 Å². The highest BCUT2D eigenvalue weighted by atomic mass is 19.1. The maximum absolute atomic E-state index is 15.9. The molecule has 152 valence electrons. The van der Waals surface area contributed by atoms with Crippen molar-refractivity contribution >= 4 is 23.0 Å². The smallest absolute Gasteiger partial charge is 0.303 e. The van der Waals surface area contributed by atoms with E-state index in [4.69, 9.17) is 9.47 Å². The number of rotatable bonds is 4. The van der Waals surface area contributed by atoms with Crippen molar-refractivity contribution in [2.24, 2.45) is 0 Å². The van der Waals surface area contributed by atoms with E-state index in [1.807, 2.05) is 0 Å². The highest BCUT2D eigenvalue weighted by molar-refractivity contribution is 5.83. The third kappa shape index (κ3) is 2.83. The highest BCUT2D eigenvalue weighted by Crippen LogP contribution is 2.50. The van der Waals surface area contributed by atoms with Crippen molar-refractivity contribution in [3.05, 3.63) is 12.7 Å². The van der Waals surface area contributed by atoms with Crippen LogP contribution in [0, 0.1) is 0 Å². The molecule has 1 aliphatic carbocycles. The van der Waals surface area contributed by atoms with Crippen LogP contribution in [0.15, 0.2) is 12.7 Å². The highest BCUT2D eigenvalue weighted by Gasteiger charge is 2.65. The molecule has 8 nitrogen and oxygen atoms in total. The summed E-state index contributed by atoms with van der Waals surface area (Å²) in [6, 6.07) is 0.365. The molecule has 0 radical (unpaired) electrons. The van der Waals surface area contributed by atoms with Crippen molar-refractivity contribution in [2.75, 3.05) is 5.32 Å². The average Bonchev–Trinajstić information content (AvgIpc) is 3.31. The molecule has 1 N–H and O–H groups in total. The minimum atomic E-state index is -1.99. The molecule has 2 aliphatic rings. The second kappa shape index (κ2) is 6.65. The van der Waals surface area contributed by atoms with Gasteiger partial charge in [-0.1, -0.05) is 12.8 Å². The lowest BCUT2D eigenvalue weighted by Gasteiger charge is -2.36. The van der Waals surface area contributed by atoms with Crippen LogP contribution in [0.3, 0.4) is 0 Å². The molecule has 2 aromatic heterocycles. The first kappa shape index (κ1) is 19.0. The summed E-state index contributed by atoms with van der Waals surface area (Å²) in [6.07, 6.45) is 5.85. The van der Waals surface area contributed by atoms with Crippen molar-refractivity contribution < 1.29 is 18.7 Å². The molecule has 1 saturated carbocycles. The van der Waals surface area contributed by atoms with E-state index in [2.05, 4.69) is 20.3 Å². The fraction of sp³-hybridized carbons (Fsp3) is 0.684. The summed E-state index contributed by atoms with van der Waals surface area (Å²) in [5.74, 6) is 0.0911. The van der Waals surface area contributed by atoms with E-state index in [9.17, 15) is 4.79 Å². The number of aromatic nitrogens is 4. The van der Waals surface area contributed by atoms with Crippen LogP contribution >= 0.6 is 0 Å². The number of nitrogens with one attached hydrogen (secondary N) is 1. The third-order valence-electron chi connectivity index (χ3n) is 6.21. The Morgan fingerprint density at radius 1 is 1.32 bits per heavy atom. The summed E-state index contributed by atoms with van der Waals surface area (Å²) in [6.45, 7) is 5.90. The predicted molar refractivity (Wildman–Crippen MR) is 100 cm³/mol. The van der Waals surface area contributed by atoms with Crippen LogP contribution in [0.4, 0.5) is 10.2 Å². The minimum absolute atomic E-state index is 0.365. The van der Waals surface area contributed by atoms with E-state index in [0.717, 1.165) is 12.8 Å². The molecule has 2 fully saturated rings. The van der Waals surface area contributed by atoms with Gasteiger partial charge >= 0.3 is 5.97 Å². The number of imidazole rings is 1. The Bertz CT molecular complexity index is 895. The fourth-order valence-corrected chi connectivity index (χ4v) is 4.29. The first-order valence-corrected chi connectivity index (χ1v) is 9.72. The largest absolute Gasteiger partial charge is 0.453 e. The van der Waals surface area contributed by atoms with Gasteiger partial charge in [0.1, 0.15) is 12.4 Å². The third-order valence-corrected chi connectivity index (χ3v) is 6.21. The van der Waals surface area contributed by atoms with Crippen LogP contribution in [0.25, 0.3) is 11.2 Å². The van der Waals surface area contributed by atoms with Crippen LogP contribution in [-0.4, -0.2) is 48.9 Å². The minimum Gasteiger partial charge on any atom is -0.453 e. The van der Waals surface area contributed by atoms with E-state index < -0.39 is 29.6 Å². The maximum atomic E-state index is 15.9. The number of halogens is 1. The van der Waals surface area contributed by atoms with Crippen molar-refractivity contribution in [2.45, 2.75) is 83.0 Å². The molecular weight excluding hydrogens is 365 g/mol. The summed E-state index contributed by atoms with van der Waals surface area (Å²) in [5.41, 5.74) is -2.38. The van der Waals surface area contributed by atoms with E-state index in [0.29, 0.717) is 23.0 Å². The van der Waals surface area contributed by atoms with E-state index in [1.165, 1.54) is 39.3 Å².